The number of nitrogens with one attached hydrogen (secondary N) is 1. The summed E-state index contributed by atoms with van der Waals surface area (Å²) in [6.07, 6.45) is -0.163. The molecule has 2 amide bonds. The van der Waals surface area contributed by atoms with Crippen LogP contribution in [0, 0.1) is 11.3 Å². The van der Waals surface area contributed by atoms with Gasteiger partial charge in [-0.1, -0.05) is 48.0 Å². The van der Waals surface area contributed by atoms with E-state index in [0.717, 1.165) is 26.6 Å². The average Bonchev–Trinajstić information content (AvgIpc) is 3.42. The maximum atomic E-state index is 13.5. The normalized spacial score (nSPS) is 16.8. The van der Waals surface area contributed by atoms with Crippen molar-refractivity contribution < 1.29 is 18.4 Å². The van der Waals surface area contributed by atoms with Crippen molar-refractivity contribution in [1.82, 2.24) is 15.2 Å². The molecule has 1 aliphatic heterocycles. The molecule has 34 heavy (non-hydrogen) atoms. The highest BCUT2D eigenvalue weighted by Gasteiger charge is 2.47. The fourth-order valence-electron chi connectivity index (χ4n) is 3.67. The molecule has 0 spiro atoms. The molecule has 0 saturated carbocycles. The predicted octanol–water partition coefficient (Wildman–Crippen LogP) is 4.54. The van der Waals surface area contributed by atoms with Gasteiger partial charge in [0.2, 0.25) is 5.91 Å². The second-order valence-electron chi connectivity index (χ2n) is 7.92. The third kappa shape index (κ3) is 5.58. The largest absolute Gasteiger partial charge is 0.342 e. The van der Waals surface area contributed by atoms with Crippen LogP contribution < -0.4 is 5.32 Å². The monoisotopic (exact) mass is 500 g/mol. The summed E-state index contributed by atoms with van der Waals surface area (Å²) in [5.41, 5.74) is 3.28. The molecule has 1 fully saturated rings. The number of amides is 2. The number of thiazole rings is 1. The van der Waals surface area contributed by atoms with Crippen molar-refractivity contribution in [3.05, 3.63) is 75.2 Å². The molecule has 0 bridgehead atoms. The van der Waals surface area contributed by atoms with E-state index in [4.69, 9.17) is 16.9 Å². The lowest BCUT2D eigenvalue weighted by atomic mass is 10.0. The Morgan fingerprint density at radius 3 is 2.47 bits per heavy atom. The van der Waals surface area contributed by atoms with Crippen molar-refractivity contribution in [2.75, 3.05) is 13.1 Å². The quantitative estimate of drug-likeness (QED) is 0.538. The van der Waals surface area contributed by atoms with Crippen LogP contribution in [-0.4, -0.2) is 46.8 Å². The zero-order valence-corrected chi connectivity index (χ0v) is 19.4. The first-order valence-electron chi connectivity index (χ1n) is 10.4. The van der Waals surface area contributed by atoms with Crippen LogP contribution >= 0.6 is 22.9 Å². The van der Waals surface area contributed by atoms with Gasteiger partial charge in [-0.05, 0) is 28.8 Å². The van der Waals surface area contributed by atoms with Gasteiger partial charge >= 0.3 is 0 Å². The van der Waals surface area contributed by atoms with Crippen molar-refractivity contribution in [3.8, 4) is 17.2 Å². The van der Waals surface area contributed by atoms with Crippen LogP contribution in [0.5, 0.6) is 0 Å². The van der Waals surface area contributed by atoms with Crippen molar-refractivity contribution >= 4 is 34.8 Å². The van der Waals surface area contributed by atoms with Gasteiger partial charge in [0.05, 0.1) is 24.2 Å². The second kappa shape index (κ2) is 9.87. The highest BCUT2D eigenvalue weighted by atomic mass is 35.5. The molecule has 2 heterocycles. The molecule has 10 heteroatoms. The Labute approximate surface area is 203 Å². The lowest BCUT2D eigenvalue weighted by molar-refractivity contribution is -0.131. The van der Waals surface area contributed by atoms with Crippen LogP contribution in [0.4, 0.5) is 8.78 Å². The number of benzene rings is 2. The summed E-state index contributed by atoms with van der Waals surface area (Å²) in [4.78, 5) is 29.7. The minimum absolute atomic E-state index is 0.147. The van der Waals surface area contributed by atoms with Crippen LogP contribution in [0.15, 0.2) is 53.9 Å². The fourth-order valence-corrected chi connectivity index (χ4v) is 4.61. The summed E-state index contributed by atoms with van der Waals surface area (Å²) in [6.45, 7) is -1.30. The van der Waals surface area contributed by atoms with Gasteiger partial charge in [0.1, 0.15) is 11.7 Å². The van der Waals surface area contributed by atoms with Gasteiger partial charge in [0.25, 0.3) is 11.8 Å². The van der Waals surface area contributed by atoms with E-state index in [-0.39, 0.29) is 5.69 Å². The van der Waals surface area contributed by atoms with Crippen molar-refractivity contribution in [2.24, 2.45) is 0 Å². The molecule has 1 saturated heterocycles. The van der Waals surface area contributed by atoms with Gasteiger partial charge < -0.3 is 10.2 Å². The SMILES string of the molecule is N#C[C@@H]1CC(F)(F)CN1C(=O)CNC(=O)c1csc(Cc2ccc(-c3ccc(Cl)cc3)cc2)n1. The first kappa shape index (κ1) is 23.8. The van der Waals surface area contributed by atoms with Crippen LogP contribution in [0.1, 0.15) is 27.5 Å². The van der Waals surface area contributed by atoms with E-state index < -0.39 is 43.3 Å². The number of carbonyl (C=O) groups is 2. The van der Waals surface area contributed by atoms with Crippen LogP contribution in [0.3, 0.4) is 0 Å². The Balaban J connectivity index is 1.32. The molecule has 0 aliphatic carbocycles. The Hall–Kier alpha value is -3.35. The molecule has 1 atom stereocenters. The van der Waals surface area contributed by atoms with Crippen molar-refractivity contribution in [3.63, 3.8) is 0 Å². The van der Waals surface area contributed by atoms with Gasteiger partial charge in [-0.15, -0.1) is 11.3 Å². The molecule has 1 aliphatic rings. The van der Waals surface area contributed by atoms with E-state index in [1.165, 1.54) is 11.3 Å². The summed E-state index contributed by atoms with van der Waals surface area (Å²) in [5.74, 6) is -4.40. The third-order valence-corrected chi connectivity index (χ3v) is 6.51. The smallest absolute Gasteiger partial charge is 0.271 e. The van der Waals surface area contributed by atoms with Crippen molar-refractivity contribution in [1.29, 1.82) is 5.26 Å². The van der Waals surface area contributed by atoms with Gasteiger partial charge in [0.15, 0.2) is 0 Å². The van der Waals surface area contributed by atoms with Crippen LogP contribution in [0.25, 0.3) is 11.1 Å². The molecule has 0 unspecified atom stereocenters. The molecule has 6 nitrogen and oxygen atoms in total. The van der Waals surface area contributed by atoms with Crippen LogP contribution in [-0.2, 0) is 11.2 Å². The molecule has 2 aromatic carbocycles. The molecule has 3 aromatic rings. The molecular formula is C24H19ClF2N4O2S. The number of nitriles is 1. The average molecular weight is 501 g/mol. The van der Waals surface area contributed by atoms with Crippen molar-refractivity contribution in [2.45, 2.75) is 24.8 Å². The van der Waals surface area contributed by atoms with Crippen LogP contribution in [0.2, 0.25) is 5.02 Å². The van der Waals surface area contributed by atoms with E-state index in [1.54, 1.807) is 11.4 Å². The van der Waals surface area contributed by atoms with E-state index in [9.17, 15) is 18.4 Å². The molecule has 174 valence electrons. The number of aromatic nitrogens is 1. The van der Waals surface area contributed by atoms with Gasteiger partial charge in [-0.25, -0.2) is 13.8 Å². The summed E-state index contributed by atoms with van der Waals surface area (Å²) >= 11 is 7.25. The van der Waals surface area contributed by atoms with E-state index in [1.807, 2.05) is 48.5 Å². The number of halogens is 3. The molecule has 0 radical (unpaired) electrons. The summed E-state index contributed by atoms with van der Waals surface area (Å²) in [7, 11) is 0. The highest BCUT2D eigenvalue weighted by Crippen LogP contribution is 2.31. The zero-order chi connectivity index (χ0) is 24.3. The Bertz CT molecular complexity index is 1240. The second-order valence-corrected chi connectivity index (χ2v) is 9.30. The third-order valence-electron chi connectivity index (χ3n) is 5.41. The molecule has 1 N–H and O–H groups in total. The minimum Gasteiger partial charge on any atom is -0.342 e. The van der Waals surface area contributed by atoms with Gasteiger partial charge in [-0.2, -0.15) is 5.26 Å². The fraction of sp³-hybridized carbons (Fsp3) is 0.250. The topological polar surface area (TPSA) is 86.1 Å². The Morgan fingerprint density at radius 2 is 1.82 bits per heavy atom. The first-order valence-corrected chi connectivity index (χ1v) is 11.6. The summed E-state index contributed by atoms with van der Waals surface area (Å²) < 4.78 is 27.0. The van der Waals surface area contributed by atoms with E-state index in [2.05, 4.69) is 10.3 Å². The first-order chi connectivity index (χ1) is 16.2. The number of likely N-dealkylation sites (tertiary alicyclic amines) is 1. The molecule has 4 rings (SSSR count). The number of hydrogen-bond donors (Lipinski definition) is 1. The molecular weight excluding hydrogens is 482 g/mol. The number of alkyl halides is 2. The lowest BCUT2D eigenvalue weighted by Gasteiger charge is -2.19. The number of hydrogen-bond acceptors (Lipinski definition) is 5. The number of carbonyl (C=O) groups excluding carboxylic acids is 2. The van der Waals surface area contributed by atoms with E-state index >= 15 is 0 Å². The summed E-state index contributed by atoms with van der Waals surface area (Å²) in [5, 5.41) is 14.4. The van der Waals surface area contributed by atoms with Gasteiger partial charge in [-0.3, -0.25) is 9.59 Å². The lowest BCUT2D eigenvalue weighted by Crippen LogP contribution is -2.43. The standard InChI is InChI=1S/C24H19ClF2N4O2S/c25-18-7-5-17(6-8-18)16-3-1-15(2-4-16)9-21-30-20(13-34-21)23(33)29-12-22(32)31-14-24(26,27)10-19(31)11-28/h1-8,13,19H,9-10,12,14H2,(H,29,33)/t19-/m0/s1. The maximum absolute atomic E-state index is 13.5. The predicted molar refractivity (Wildman–Crippen MR) is 125 cm³/mol. The van der Waals surface area contributed by atoms with E-state index in [0.29, 0.717) is 11.4 Å². The highest BCUT2D eigenvalue weighted by molar-refractivity contribution is 7.09. The number of rotatable bonds is 6. The minimum atomic E-state index is -3.10. The Kier molecular flexibility index (Phi) is 6.91. The Morgan fingerprint density at radius 1 is 1.18 bits per heavy atom. The summed E-state index contributed by atoms with van der Waals surface area (Å²) in [6, 6.07) is 16.1. The number of nitrogens with zero attached hydrogens (tertiary/aromatic N) is 3. The molecule has 1 aromatic heterocycles. The maximum Gasteiger partial charge on any atom is 0.271 e. The zero-order valence-electron chi connectivity index (χ0n) is 17.8. The van der Waals surface area contributed by atoms with Gasteiger partial charge in [0, 0.05) is 23.2 Å².